The summed E-state index contributed by atoms with van der Waals surface area (Å²) in [5.74, 6) is 1.22. The third-order valence-corrected chi connectivity index (χ3v) is 2.64. The molecule has 0 amide bonds. The number of carbonyl (C=O) groups is 1. The topological polar surface area (TPSA) is 64.6 Å². The van der Waals surface area contributed by atoms with Crippen molar-refractivity contribution in [3.05, 3.63) is 42.2 Å². The summed E-state index contributed by atoms with van der Waals surface area (Å²) >= 11 is 0. The van der Waals surface area contributed by atoms with Crippen LogP contribution < -0.4 is 9.47 Å². The number of likely N-dealkylation sites (N-methyl/N-ethyl adjacent to an activating group) is 1. The molecule has 21 heavy (non-hydrogen) atoms. The minimum atomic E-state index is 0.301. The van der Waals surface area contributed by atoms with Crippen LogP contribution in [0.15, 0.2) is 36.7 Å². The number of carbonyl (C=O) groups excluding carboxylic acids is 1. The molecule has 0 bridgehead atoms. The Morgan fingerprint density at radius 2 is 1.76 bits per heavy atom. The van der Waals surface area contributed by atoms with Gasteiger partial charge in [0.25, 0.3) is 11.8 Å². The van der Waals surface area contributed by atoms with Crippen LogP contribution in [-0.4, -0.2) is 48.4 Å². The Balaban J connectivity index is 2.06. The van der Waals surface area contributed by atoms with Crippen LogP contribution in [0, 0.1) is 0 Å². The van der Waals surface area contributed by atoms with Gasteiger partial charge in [-0.3, -0.25) is 4.79 Å². The SMILES string of the molecule is CN(C)CCOc1nccnc1Oc1ccc(C=O)cc1. The highest BCUT2D eigenvalue weighted by Gasteiger charge is 2.09. The molecule has 0 unspecified atom stereocenters. The molecule has 0 saturated heterocycles. The van der Waals surface area contributed by atoms with Gasteiger partial charge in [0.2, 0.25) is 0 Å². The van der Waals surface area contributed by atoms with Gasteiger partial charge in [0, 0.05) is 24.5 Å². The van der Waals surface area contributed by atoms with E-state index in [-0.39, 0.29) is 0 Å². The Bertz CT molecular complexity index is 585. The van der Waals surface area contributed by atoms with Crippen molar-refractivity contribution in [1.29, 1.82) is 0 Å². The van der Waals surface area contributed by atoms with E-state index in [9.17, 15) is 4.79 Å². The maximum atomic E-state index is 10.6. The normalized spacial score (nSPS) is 10.4. The fraction of sp³-hybridized carbons (Fsp3) is 0.267. The maximum Gasteiger partial charge on any atom is 0.283 e. The number of hydrogen-bond acceptors (Lipinski definition) is 6. The summed E-state index contributed by atoms with van der Waals surface area (Å²) in [5, 5.41) is 0. The van der Waals surface area contributed by atoms with Crippen LogP contribution in [0.3, 0.4) is 0 Å². The van der Waals surface area contributed by atoms with Gasteiger partial charge in [-0.1, -0.05) is 0 Å². The molecule has 1 aromatic heterocycles. The number of aldehydes is 1. The average Bonchev–Trinajstić information content (AvgIpc) is 2.49. The Morgan fingerprint density at radius 1 is 1.10 bits per heavy atom. The highest BCUT2D eigenvalue weighted by atomic mass is 16.5. The van der Waals surface area contributed by atoms with Crippen molar-refractivity contribution in [3.8, 4) is 17.5 Å². The lowest BCUT2D eigenvalue weighted by Gasteiger charge is -2.12. The zero-order chi connectivity index (χ0) is 15.1. The molecule has 0 saturated carbocycles. The lowest BCUT2D eigenvalue weighted by atomic mass is 10.2. The molecule has 0 atom stereocenters. The summed E-state index contributed by atoms with van der Waals surface area (Å²) in [6.07, 6.45) is 3.86. The van der Waals surface area contributed by atoms with Gasteiger partial charge in [0.05, 0.1) is 0 Å². The van der Waals surface area contributed by atoms with Crippen molar-refractivity contribution in [2.75, 3.05) is 27.2 Å². The number of rotatable bonds is 7. The van der Waals surface area contributed by atoms with Crippen LogP contribution in [0.2, 0.25) is 0 Å². The Morgan fingerprint density at radius 3 is 2.38 bits per heavy atom. The molecule has 0 N–H and O–H groups in total. The molecule has 0 fully saturated rings. The van der Waals surface area contributed by atoms with E-state index in [0.717, 1.165) is 12.8 Å². The monoisotopic (exact) mass is 287 g/mol. The second-order valence-electron chi connectivity index (χ2n) is 4.61. The van der Waals surface area contributed by atoms with E-state index in [0.29, 0.717) is 29.7 Å². The molecule has 2 aromatic rings. The second kappa shape index (κ2) is 7.35. The summed E-state index contributed by atoms with van der Waals surface area (Å²) in [5.41, 5.74) is 0.587. The van der Waals surface area contributed by atoms with Crippen molar-refractivity contribution < 1.29 is 14.3 Å². The number of benzene rings is 1. The van der Waals surface area contributed by atoms with Gasteiger partial charge >= 0.3 is 0 Å². The smallest absolute Gasteiger partial charge is 0.283 e. The molecule has 6 nitrogen and oxygen atoms in total. The summed E-state index contributed by atoms with van der Waals surface area (Å²) in [6.45, 7) is 1.26. The molecule has 0 aliphatic heterocycles. The molecule has 6 heteroatoms. The van der Waals surface area contributed by atoms with E-state index in [1.807, 2.05) is 19.0 Å². The average molecular weight is 287 g/mol. The Labute approximate surface area is 123 Å². The highest BCUT2D eigenvalue weighted by Crippen LogP contribution is 2.26. The van der Waals surface area contributed by atoms with Crippen molar-refractivity contribution in [1.82, 2.24) is 14.9 Å². The van der Waals surface area contributed by atoms with Gasteiger partial charge in [-0.05, 0) is 38.4 Å². The summed E-state index contributed by atoms with van der Waals surface area (Å²) < 4.78 is 11.2. The van der Waals surface area contributed by atoms with E-state index < -0.39 is 0 Å². The van der Waals surface area contributed by atoms with Crippen molar-refractivity contribution in [3.63, 3.8) is 0 Å². The first kappa shape index (κ1) is 14.9. The van der Waals surface area contributed by atoms with Crippen LogP contribution in [0.1, 0.15) is 10.4 Å². The van der Waals surface area contributed by atoms with E-state index in [2.05, 4.69) is 9.97 Å². The lowest BCUT2D eigenvalue weighted by molar-refractivity contribution is 0.112. The summed E-state index contributed by atoms with van der Waals surface area (Å²) in [6, 6.07) is 6.74. The Hall–Kier alpha value is -2.47. The van der Waals surface area contributed by atoms with Gasteiger partial charge in [-0.25, -0.2) is 9.97 Å². The molecule has 110 valence electrons. The van der Waals surface area contributed by atoms with Gasteiger partial charge in [-0.15, -0.1) is 0 Å². The fourth-order valence-electron chi connectivity index (χ4n) is 1.53. The third-order valence-electron chi connectivity index (χ3n) is 2.64. The number of nitrogens with zero attached hydrogens (tertiary/aromatic N) is 3. The quantitative estimate of drug-likeness (QED) is 0.726. The second-order valence-corrected chi connectivity index (χ2v) is 4.61. The molecule has 1 heterocycles. The zero-order valence-corrected chi connectivity index (χ0v) is 12.0. The maximum absolute atomic E-state index is 10.6. The van der Waals surface area contributed by atoms with E-state index in [4.69, 9.17) is 9.47 Å². The molecule has 2 rings (SSSR count). The van der Waals surface area contributed by atoms with Gasteiger partial charge in [-0.2, -0.15) is 0 Å². The predicted octanol–water partition coefficient (Wildman–Crippen LogP) is 2.02. The first-order chi connectivity index (χ1) is 10.2. The standard InChI is InChI=1S/C15H17N3O3/c1-18(2)9-10-20-14-15(17-8-7-16-14)21-13-5-3-12(11-19)4-6-13/h3-8,11H,9-10H2,1-2H3. The minimum Gasteiger partial charge on any atom is -0.472 e. The number of hydrogen-bond donors (Lipinski definition) is 0. The molecular weight excluding hydrogens is 270 g/mol. The zero-order valence-electron chi connectivity index (χ0n) is 12.0. The van der Waals surface area contributed by atoms with Crippen LogP contribution in [0.5, 0.6) is 17.5 Å². The fourth-order valence-corrected chi connectivity index (χ4v) is 1.53. The van der Waals surface area contributed by atoms with E-state index in [1.54, 1.807) is 30.5 Å². The lowest BCUT2D eigenvalue weighted by Crippen LogP contribution is -2.19. The highest BCUT2D eigenvalue weighted by molar-refractivity contribution is 5.74. The van der Waals surface area contributed by atoms with Crippen LogP contribution in [0.25, 0.3) is 0 Å². The largest absolute Gasteiger partial charge is 0.472 e. The summed E-state index contributed by atoms with van der Waals surface area (Å²) in [7, 11) is 3.93. The molecular formula is C15H17N3O3. The van der Waals surface area contributed by atoms with Crippen molar-refractivity contribution >= 4 is 6.29 Å². The van der Waals surface area contributed by atoms with Gasteiger partial charge < -0.3 is 14.4 Å². The Kier molecular flexibility index (Phi) is 5.22. The number of aromatic nitrogens is 2. The van der Waals surface area contributed by atoms with Crippen LogP contribution >= 0.6 is 0 Å². The molecule has 1 aromatic carbocycles. The van der Waals surface area contributed by atoms with Crippen molar-refractivity contribution in [2.45, 2.75) is 0 Å². The van der Waals surface area contributed by atoms with Crippen molar-refractivity contribution in [2.24, 2.45) is 0 Å². The first-order valence-corrected chi connectivity index (χ1v) is 6.50. The molecule has 0 spiro atoms. The first-order valence-electron chi connectivity index (χ1n) is 6.50. The van der Waals surface area contributed by atoms with Gasteiger partial charge in [0.15, 0.2) is 0 Å². The van der Waals surface area contributed by atoms with Crippen LogP contribution in [0.4, 0.5) is 0 Å². The number of ether oxygens (including phenoxy) is 2. The van der Waals surface area contributed by atoms with E-state index >= 15 is 0 Å². The minimum absolute atomic E-state index is 0.301. The molecule has 0 aliphatic rings. The molecule has 0 radical (unpaired) electrons. The van der Waals surface area contributed by atoms with E-state index in [1.165, 1.54) is 6.20 Å². The molecule has 0 aliphatic carbocycles. The third kappa shape index (κ3) is 4.54. The predicted molar refractivity (Wildman–Crippen MR) is 78.0 cm³/mol. The summed E-state index contributed by atoms with van der Waals surface area (Å²) in [4.78, 5) is 20.9. The van der Waals surface area contributed by atoms with Crippen LogP contribution in [-0.2, 0) is 0 Å². The van der Waals surface area contributed by atoms with Gasteiger partial charge in [0.1, 0.15) is 18.6 Å².